The van der Waals surface area contributed by atoms with Crippen LogP contribution in [-0.2, 0) is 11.2 Å². The molecular formula is C13H10FN3OS. The van der Waals surface area contributed by atoms with E-state index < -0.39 is 5.82 Å². The highest BCUT2D eigenvalue weighted by Gasteiger charge is 2.13. The SMILES string of the molecule is O=C(Cc1cccs1)Nc1n[nH]c2cccc(F)c12. The normalized spacial score (nSPS) is 10.8. The Balaban J connectivity index is 1.83. The van der Waals surface area contributed by atoms with Crippen LogP contribution in [-0.4, -0.2) is 16.1 Å². The van der Waals surface area contributed by atoms with Crippen molar-refractivity contribution < 1.29 is 9.18 Å². The van der Waals surface area contributed by atoms with Crippen LogP contribution >= 0.6 is 11.3 Å². The quantitative estimate of drug-likeness (QED) is 0.772. The van der Waals surface area contributed by atoms with Gasteiger partial charge in [0.1, 0.15) is 5.82 Å². The molecule has 1 amide bonds. The number of H-pyrrole nitrogens is 1. The summed E-state index contributed by atoms with van der Waals surface area (Å²) in [5.74, 6) is -0.383. The molecule has 6 heteroatoms. The molecule has 4 nitrogen and oxygen atoms in total. The molecule has 0 aliphatic heterocycles. The highest BCUT2D eigenvalue weighted by atomic mass is 32.1. The molecule has 0 saturated carbocycles. The third kappa shape index (κ3) is 2.34. The van der Waals surface area contributed by atoms with E-state index in [1.165, 1.54) is 17.4 Å². The van der Waals surface area contributed by atoms with Crippen molar-refractivity contribution in [3.63, 3.8) is 0 Å². The minimum Gasteiger partial charge on any atom is -0.308 e. The van der Waals surface area contributed by atoms with E-state index in [0.29, 0.717) is 10.9 Å². The molecule has 2 heterocycles. The molecule has 96 valence electrons. The summed E-state index contributed by atoms with van der Waals surface area (Å²) >= 11 is 1.51. The smallest absolute Gasteiger partial charge is 0.230 e. The van der Waals surface area contributed by atoms with E-state index in [-0.39, 0.29) is 18.1 Å². The minimum absolute atomic E-state index is 0.209. The van der Waals surface area contributed by atoms with E-state index in [9.17, 15) is 9.18 Å². The van der Waals surface area contributed by atoms with Crippen molar-refractivity contribution in [2.45, 2.75) is 6.42 Å². The van der Waals surface area contributed by atoms with Gasteiger partial charge in [0.2, 0.25) is 5.91 Å². The molecule has 0 spiro atoms. The summed E-state index contributed by atoms with van der Waals surface area (Å²) in [6.07, 6.45) is 0.264. The highest BCUT2D eigenvalue weighted by Crippen LogP contribution is 2.23. The molecule has 19 heavy (non-hydrogen) atoms. The molecule has 3 rings (SSSR count). The zero-order valence-corrected chi connectivity index (χ0v) is 10.6. The van der Waals surface area contributed by atoms with Crippen molar-refractivity contribution in [1.82, 2.24) is 10.2 Å². The van der Waals surface area contributed by atoms with E-state index in [2.05, 4.69) is 15.5 Å². The van der Waals surface area contributed by atoms with Gasteiger partial charge in [0.25, 0.3) is 0 Å². The molecule has 0 aliphatic rings. The molecule has 2 aromatic heterocycles. The first-order valence-electron chi connectivity index (χ1n) is 5.69. The molecule has 0 fully saturated rings. The maximum Gasteiger partial charge on any atom is 0.230 e. The molecule has 0 unspecified atom stereocenters. The fourth-order valence-corrected chi connectivity index (χ4v) is 2.57. The van der Waals surface area contributed by atoms with Gasteiger partial charge in [-0.3, -0.25) is 9.89 Å². The maximum absolute atomic E-state index is 13.7. The largest absolute Gasteiger partial charge is 0.308 e. The Kier molecular flexibility index (Phi) is 3.00. The summed E-state index contributed by atoms with van der Waals surface area (Å²) < 4.78 is 13.7. The molecule has 1 aromatic carbocycles. The summed E-state index contributed by atoms with van der Waals surface area (Å²) in [4.78, 5) is 12.8. The second-order valence-corrected chi connectivity index (χ2v) is 5.07. The number of halogens is 1. The van der Waals surface area contributed by atoms with Crippen LogP contribution in [0.4, 0.5) is 10.2 Å². The average Bonchev–Trinajstić information content (AvgIpc) is 3.00. The van der Waals surface area contributed by atoms with Gasteiger partial charge in [0.05, 0.1) is 17.3 Å². The van der Waals surface area contributed by atoms with Gasteiger partial charge in [-0.15, -0.1) is 11.3 Å². The minimum atomic E-state index is -0.405. The number of fused-ring (bicyclic) bond motifs is 1. The summed E-state index contributed by atoms with van der Waals surface area (Å²) in [5.41, 5.74) is 0.562. The number of hydrogen-bond acceptors (Lipinski definition) is 3. The second-order valence-electron chi connectivity index (χ2n) is 4.04. The number of amides is 1. The number of nitrogens with one attached hydrogen (secondary N) is 2. The molecule has 0 atom stereocenters. The van der Waals surface area contributed by atoms with Crippen LogP contribution in [0, 0.1) is 5.82 Å². The summed E-state index contributed by atoms with van der Waals surface area (Å²) in [6.45, 7) is 0. The molecule has 2 N–H and O–H groups in total. The Bertz CT molecular complexity index is 721. The topological polar surface area (TPSA) is 57.8 Å². The first-order chi connectivity index (χ1) is 9.24. The first kappa shape index (κ1) is 11.9. The average molecular weight is 275 g/mol. The fraction of sp³-hybridized carbons (Fsp3) is 0.0769. The lowest BCUT2D eigenvalue weighted by Crippen LogP contribution is -2.14. The third-order valence-corrected chi connectivity index (χ3v) is 3.59. The van der Waals surface area contributed by atoms with Crippen LogP contribution in [0.15, 0.2) is 35.7 Å². The van der Waals surface area contributed by atoms with E-state index in [0.717, 1.165) is 4.88 Å². The van der Waals surface area contributed by atoms with E-state index in [1.807, 2.05) is 17.5 Å². The third-order valence-electron chi connectivity index (χ3n) is 2.71. The van der Waals surface area contributed by atoms with Gasteiger partial charge in [0, 0.05) is 4.88 Å². The fourth-order valence-electron chi connectivity index (χ4n) is 1.87. The summed E-state index contributed by atoms with van der Waals surface area (Å²) in [6, 6.07) is 8.41. The number of nitrogens with zero attached hydrogens (tertiary/aromatic N) is 1. The van der Waals surface area contributed by atoms with Gasteiger partial charge in [-0.25, -0.2) is 4.39 Å². The van der Waals surface area contributed by atoms with Gasteiger partial charge >= 0.3 is 0 Å². The number of rotatable bonds is 3. The monoisotopic (exact) mass is 275 g/mol. The molecule has 0 aliphatic carbocycles. The Morgan fingerprint density at radius 3 is 3.05 bits per heavy atom. The van der Waals surface area contributed by atoms with Crippen molar-refractivity contribution in [2.24, 2.45) is 0 Å². The van der Waals surface area contributed by atoms with Crippen LogP contribution in [0.5, 0.6) is 0 Å². The number of thiophene rings is 1. The number of carbonyl (C=O) groups excluding carboxylic acids is 1. The predicted octanol–water partition coefficient (Wildman–Crippen LogP) is 2.94. The summed E-state index contributed by atoms with van der Waals surface area (Å²) in [7, 11) is 0. The summed E-state index contributed by atoms with van der Waals surface area (Å²) in [5, 5.41) is 11.5. The Morgan fingerprint density at radius 2 is 2.26 bits per heavy atom. The predicted molar refractivity (Wildman–Crippen MR) is 72.7 cm³/mol. The molecule has 0 saturated heterocycles. The van der Waals surface area contributed by atoms with Crippen LogP contribution in [0.1, 0.15) is 4.88 Å². The van der Waals surface area contributed by atoms with Crippen LogP contribution < -0.4 is 5.32 Å². The lowest BCUT2D eigenvalue weighted by molar-refractivity contribution is -0.115. The lowest BCUT2D eigenvalue weighted by atomic mass is 10.2. The second kappa shape index (κ2) is 4.81. The van der Waals surface area contributed by atoms with E-state index in [1.54, 1.807) is 12.1 Å². The Labute approximate surface area is 112 Å². The molecule has 0 bridgehead atoms. The van der Waals surface area contributed by atoms with Crippen LogP contribution in [0.25, 0.3) is 10.9 Å². The van der Waals surface area contributed by atoms with Crippen molar-refractivity contribution in [3.05, 3.63) is 46.4 Å². The van der Waals surface area contributed by atoms with Gasteiger partial charge in [-0.2, -0.15) is 5.10 Å². The number of carbonyl (C=O) groups is 1. The van der Waals surface area contributed by atoms with Crippen molar-refractivity contribution in [3.8, 4) is 0 Å². The Hall–Kier alpha value is -2.21. The van der Waals surface area contributed by atoms with Gasteiger partial charge in [0.15, 0.2) is 5.82 Å². The zero-order valence-electron chi connectivity index (χ0n) is 9.81. The number of anilines is 1. The lowest BCUT2D eigenvalue weighted by Gasteiger charge is -2.01. The molecule has 0 radical (unpaired) electrons. The zero-order chi connectivity index (χ0) is 13.2. The number of aromatic amines is 1. The standard InChI is InChI=1S/C13H10FN3OS/c14-9-4-1-5-10-12(9)13(17-16-10)15-11(18)7-8-3-2-6-19-8/h1-6H,7H2,(H2,15,16,17,18). The van der Waals surface area contributed by atoms with E-state index >= 15 is 0 Å². The van der Waals surface area contributed by atoms with Gasteiger partial charge in [-0.05, 0) is 23.6 Å². The maximum atomic E-state index is 13.7. The van der Waals surface area contributed by atoms with Crippen LogP contribution in [0.2, 0.25) is 0 Å². The number of hydrogen-bond donors (Lipinski definition) is 2. The van der Waals surface area contributed by atoms with Gasteiger partial charge < -0.3 is 5.32 Å². The highest BCUT2D eigenvalue weighted by molar-refractivity contribution is 7.10. The number of aromatic nitrogens is 2. The number of benzene rings is 1. The van der Waals surface area contributed by atoms with Crippen molar-refractivity contribution in [2.75, 3.05) is 5.32 Å². The first-order valence-corrected chi connectivity index (χ1v) is 6.57. The molecular weight excluding hydrogens is 265 g/mol. The molecule has 3 aromatic rings. The van der Waals surface area contributed by atoms with Gasteiger partial charge in [-0.1, -0.05) is 12.1 Å². The van der Waals surface area contributed by atoms with E-state index in [4.69, 9.17) is 0 Å². The van der Waals surface area contributed by atoms with Crippen molar-refractivity contribution in [1.29, 1.82) is 0 Å². The van der Waals surface area contributed by atoms with Crippen molar-refractivity contribution >= 4 is 34.0 Å². The van der Waals surface area contributed by atoms with Crippen LogP contribution in [0.3, 0.4) is 0 Å². The Morgan fingerprint density at radius 1 is 1.37 bits per heavy atom.